The van der Waals surface area contributed by atoms with Crippen LogP contribution in [0.1, 0.15) is 28.8 Å². The van der Waals surface area contributed by atoms with Gasteiger partial charge in [0.25, 0.3) is 5.91 Å². The highest BCUT2D eigenvalue weighted by molar-refractivity contribution is 6.05. The number of benzene rings is 2. The number of carbonyl (C=O) groups is 2. The van der Waals surface area contributed by atoms with E-state index >= 15 is 0 Å². The van der Waals surface area contributed by atoms with Gasteiger partial charge in [0.1, 0.15) is 5.75 Å². The highest BCUT2D eigenvalue weighted by Gasteiger charge is 2.29. The molecule has 0 bridgehead atoms. The summed E-state index contributed by atoms with van der Waals surface area (Å²) in [7, 11) is 0. The Bertz CT molecular complexity index is 749. The van der Waals surface area contributed by atoms with Crippen LogP contribution in [-0.4, -0.2) is 16.9 Å². The van der Waals surface area contributed by atoms with Crippen LogP contribution in [0, 0.1) is 12.8 Å². The van der Waals surface area contributed by atoms with Gasteiger partial charge in [0.05, 0.1) is 0 Å². The van der Waals surface area contributed by atoms with Crippen LogP contribution in [-0.2, 0) is 4.79 Å². The van der Waals surface area contributed by atoms with Crippen molar-refractivity contribution >= 4 is 23.2 Å². The largest absolute Gasteiger partial charge is 0.508 e. The van der Waals surface area contributed by atoms with Crippen LogP contribution in [0.5, 0.6) is 5.75 Å². The van der Waals surface area contributed by atoms with Gasteiger partial charge in [-0.3, -0.25) is 9.59 Å². The van der Waals surface area contributed by atoms with Crippen LogP contribution in [0.2, 0.25) is 0 Å². The fourth-order valence-electron chi connectivity index (χ4n) is 2.28. The van der Waals surface area contributed by atoms with Gasteiger partial charge in [-0.05, 0) is 67.8 Å². The third-order valence-corrected chi connectivity index (χ3v) is 3.82. The molecule has 0 unspecified atom stereocenters. The minimum absolute atomic E-state index is 0.0434. The zero-order chi connectivity index (χ0) is 16.4. The van der Waals surface area contributed by atoms with E-state index in [2.05, 4.69) is 10.6 Å². The predicted octanol–water partition coefficient (Wildman–Crippen LogP) is 3.30. The minimum Gasteiger partial charge on any atom is -0.508 e. The van der Waals surface area contributed by atoms with Crippen molar-refractivity contribution in [3.8, 4) is 5.75 Å². The van der Waals surface area contributed by atoms with E-state index in [1.807, 2.05) is 6.92 Å². The maximum absolute atomic E-state index is 12.2. The second-order valence-corrected chi connectivity index (χ2v) is 5.79. The van der Waals surface area contributed by atoms with Crippen molar-refractivity contribution in [3.63, 3.8) is 0 Å². The van der Waals surface area contributed by atoms with Crippen molar-refractivity contribution in [2.75, 3.05) is 10.6 Å². The van der Waals surface area contributed by atoms with Crippen LogP contribution in [0.25, 0.3) is 0 Å². The van der Waals surface area contributed by atoms with Crippen LogP contribution >= 0.6 is 0 Å². The van der Waals surface area contributed by atoms with E-state index in [4.69, 9.17) is 0 Å². The molecule has 5 heteroatoms. The number of anilines is 2. The average molecular weight is 310 g/mol. The number of nitrogens with one attached hydrogen (secondary N) is 2. The number of amides is 2. The number of aromatic hydroxyl groups is 1. The number of hydrogen-bond donors (Lipinski definition) is 3. The van der Waals surface area contributed by atoms with Gasteiger partial charge in [0, 0.05) is 22.9 Å². The summed E-state index contributed by atoms with van der Waals surface area (Å²) in [6, 6.07) is 11.6. The summed E-state index contributed by atoms with van der Waals surface area (Å²) in [6.45, 7) is 1.81. The summed E-state index contributed by atoms with van der Waals surface area (Å²) in [5.41, 5.74) is 2.63. The standard InChI is InChI=1S/C18H18N2O3/c1-11-10-15(21)8-9-16(11)20-18(23)13-4-6-14(7-5-13)19-17(22)12-2-3-12/h4-10,12,21H,2-3H2,1H3,(H,19,22)(H,20,23). The Balaban J connectivity index is 1.66. The molecule has 1 aliphatic carbocycles. The minimum atomic E-state index is -0.237. The lowest BCUT2D eigenvalue weighted by atomic mass is 10.1. The quantitative estimate of drug-likeness (QED) is 0.758. The Morgan fingerprint density at radius 1 is 1.04 bits per heavy atom. The fourth-order valence-corrected chi connectivity index (χ4v) is 2.28. The molecule has 118 valence electrons. The lowest BCUT2D eigenvalue weighted by Crippen LogP contribution is -2.14. The van der Waals surface area contributed by atoms with Gasteiger partial charge < -0.3 is 15.7 Å². The Morgan fingerprint density at radius 3 is 2.35 bits per heavy atom. The monoisotopic (exact) mass is 310 g/mol. The van der Waals surface area contributed by atoms with Gasteiger partial charge in [-0.25, -0.2) is 0 Å². The van der Waals surface area contributed by atoms with Crippen LogP contribution in [0.4, 0.5) is 11.4 Å². The number of phenolic OH excluding ortho intramolecular Hbond substituents is 1. The maximum atomic E-state index is 12.2. The van der Waals surface area contributed by atoms with E-state index in [0.717, 1.165) is 18.4 Å². The van der Waals surface area contributed by atoms with E-state index in [1.165, 1.54) is 6.07 Å². The molecule has 0 atom stereocenters. The Labute approximate surface area is 134 Å². The number of carbonyl (C=O) groups excluding carboxylic acids is 2. The van der Waals surface area contributed by atoms with Gasteiger partial charge in [0.15, 0.2) is 0 Å². The van der Waals surface area contributed by atoms with Gasteiger partial charge in [0.2, 0.25) is 5.91 Å². The van der Waals surface area contributed by atoms with Crippen molar-refractivity contribution in [1.82, 2.24) is 0 Å². The molecule has 0 radical (unpaired) electrons. The summed E-state index contributed by atoms with van der Waals surface area (Å²) >= 11 is 0. The zero-order valence-electron chi connectivity index (χ0n) is 12.8. The summed E-state index contributed by atoms with van der Waals surface area (Å²) in [4.78, 5) is 23.9. The molecule has 2 aromatic rings. The van der Waals surface area contributed by atoms with Gasteiger partial charge >= 0.3 is 0 Å². The van der Waals surface area contributed by atoms with Gasteiger partial charge in [-0.15, -0.1) is 0 Å². The van der Waals surface area contributed by atoms with E-state index in [0.29, 0.717) is 16.9 Å². The Kier molecular flexibility index (Phi) is 4.02. The maximum Gasteiger partial charge on any atom is 0.255 e. The van der Waals surface area contributed by atoms with Crippen molar-refractivity contribution in [2.24, 2.45) is 5.92 Å². The van der Waals surface area contributed by atoms with E-state index in [-0.39, 0.29) is 23.5 Å². The first kappa shape index (κ1) is 15.1. The molecule has 2 amide bonds. The Hall–Kier alpha value is -2.82. The molecular weight excluding hydrogens is 292 g/mol. The molecule has 3 rings (SSSR count). The lowest BCUT2D eigenvalue weighted by molar-refractivity contribution is -0.117. The highest BCUT2D eigenvalue weighted by Crippen LogP contribution is 2.30. The first-order valence-electron chi connectivity index (χ1n) is 7.55. The third kappa shape index (κ3) is 3.69. The van der Waals surface area contributed by atoms with Crippen molar-refractivity contribution < 1.29 is 14.7 Å². The molecule has 1 fully saturated rings. The smallest absolute Gasteiger partial charge is 0.255 e. The molecule has 0 saturated heterocycles. The van der Waals surface area contributed by atoms with E-state index in [1.54, 1.807) is 36.4 Å². The molecular formula is C18H18N2O3. The summed E-state index contributed by atoms with van der Waals surface area (Å²) < 4.78 is 0. The second kappa shape index (κ2) is 6.12. The first-order valence-corrected chi connectivity index (χ1v) is 7.55. The third-order valence-electron chi connectivity index (χ3n) is 3.82. The molecule has 0 spiro atoms. The second-order valence-electron chi connectivity index (χ2n) is 5.79. The van der Waals surface area contributed by atoms with Gasteiger partial charge in [-0.2, -0.15) is 0 Å². The van der Waals surface area contributed by atoms with E-state index in [9.17, 15) is 14.7 Å². The molecule has 0 aliphatic heterocycles. The van der Waals surface area contributed by atoms with Crippen LogP contribution in [0.3, 0.4) is 0 Å². The molecule has 0 aromatic heterocycles. The van der Waals surface area contributed by atoms with Gasteiger partial charge in [-0.1, -0.05) is 0 Å². The average Bonchev–Trinajstić information content (AvgIpc) is 3.35. The predicted molar refractivity (Wildman–Crippen MR) is 88.6 cm³/mol. The topological polar surface area (TPSA) is 78.4 Å². The zero-order valence-corrected chi connectivity index (χ0v) is 12.8. The fraction of sp³-hybridized carbons (Fsp3) is 0.222. The van der Waals surface area contributed by atoms with Crippen LogP contribution < -0.4 is 10.6 Å². The molecule has 2 aromatic carbocycles. The first-order chi connectivity index (χ1) is 11.0. The number of rotatable bonds is 4. The van der Waals surface area contributed by atoms with E-state index < -0.39 is 0 Å². The molecule has 23 heavy (non-hydrogen) atoms. The van der Waals surface area contributed by atoms with Crippen molar-refractivity contribution in [3.05, 3.63) is 53.6 Å². The molecule has 3 N–H and O–H groups in total. The summed E-state index contributed by atoms with van der Waals surface area (Å²) in [5, 5.41) is 15.0. The number of aryl methyl sites for hydroxylation is 1. The molecule has 1 aliphatic rings. The number of phenols is 1. The molecule has 0 heterocycles. The highest BCUT2D eigenvalue weighted by atomic mass is 16.3. The number of hydrogen-bond acceptors (Lipinski definition) is 3. The van der Waals surface area contributed by atoms with Crippen molar-refractivity contribution in [1.29, 1.82) is 0 Å². The summed E-state index contributed by atoms with van der Waals surface area (Å²) in [6.07, 6.45) is 1.91. The molecule has 5 nitrogen and oxygen atoms in total. The Morgan fingerprint density at radius 2 is 1.74 bits per heavy atom. The van der Waals surface area contributed by atoms with Crippen molar-refractivity contribution in [2.45, 2.75) is 19.8 Å². The molecule has 1 saturated carbocycles. The lowest BCUT2D eigenvalue weighted by Gasteiger charge is -2.09. The normalized spacial score (nSPS) is 13.4. The SMILES string of the molecule is Cc1cc(O)ccc1NC(=O)c1ccc(NC(=O)C2CC2)cc1. The van der Waals surface area contributed by atoms with Crippen LogP contribution in [0.15, 0.2) is 42.5 Å². The summed E-state index contributed by atoms with van der Waals surface area (Å²) in [5.74, 6) is 0.118.